The van der Waals surface area contributed by atoms with Gasteiger partial charge in [0, 0.05) is 36.5 Å². The number of nitrogens with zero attached hydrogens (tertiary/aromatic N) is 2. The van der Waals surface area contributed by atoms with Crippen LogP contribution in [0.15, 0.2) is 48.5 Å². The largest absolute Gasteiger partial charge is 0.493 e. The monoisotopic (exact) mass is 484 g/mol. The SMILES string of the molecule is Cc1cc(OC[C@]2(CC(=O)N3CCOCC3)CCCN(CCCc3ccccc3)C2)ccc1Cl. The van der Waals surface area contributed by atoms with Gasteiger partial charge in [0.2, 0.25) is 5.91 Å². The van der Waals surface area contributed by atoms with Crippen LogP contribution in [0.3, 0.4) is 0 Å². The molecule has 6 heteroatoms. The molecule has 5 nitrogen and oxygen atoms in total. The lowest BCUT2D eigenvalue weighted by Gasteiger charge is -2.43. The summed E-state index contributed by atoms with van der Waals surface area (Å²) in [5.74, 6) is 1.05. The average molecular weight is 485 g/mol. The van der Waals surface area contributed by atoms with Crippen molar-refractivity contribution in [3.05, 3.63) is 64.7 Å². The van der Waals surface area contributed by atoms with Crippen molar-refractivity contribution in [2.45, 2.75) is 39.0 Å². The quantitative estimate of drug-likeness (QED) is 0.502. The number of aryl methyl sites for hydroxylation is 2. The van der Waals surface area contributed by atoms with Crippen LogP contribution in [0.2, 0.25) is 5.02 Å². The maximum absolute atomic E-state index is 13.3. The summed E-state index contributed by atoms with van der Waals surface area (Å²) in [6, 6.07) is 16.5. The summed E-state index contributed by atoms with van der Waals surface area (Å²) in [5, 5.41) is 0.742. The minimum absolute atomic E-state index is 0.187. The predicted molar refractivity (Wildman–Crippen MR) is 137 cm³/mol. The highest BCUT2D eigenvalue weighted by molar-refractivity contribution is 6.31. The van der Waals surface area contributed by atoms with Crippen molar-refractivity contribution in [2.75, 3.05) is 52.5 Å². The lowest BCUT2D eigenvalue weighted by atomic mass is 9.77. The van der Waals surface area contributed by atoms with E-state index in [0.29, 0.717) is 39.3 Å². The highest BCUT2D eigenvalue weighted by atomic mass is 35.5. The van der Waals surface area contributed by atoms with Crippen LogP contribution in [0.4, 0.5) is 0 Å². The number of benzene rings is 2. The molecule has 1 atom stereocenters. The van der Waals surface area contributed by atoms with Crippen LogP contribution in [0.25, 0.3) is 0 Å². The number of morpholine rings is 1. The maximum atomic E-state index is 13.3. The molecule has 0 spiro atoms. The fraction of sp³-hybridized carbons (Fsp3) is 0.536. The summed E-state index contributed by atoms with van der Waals surface area (Å²) in [7, 11) is 0. The fourth-order valence-electron chi connectivity index (χ4n) is 5.15. The summed E-state index contributed by atoms with van der Waals surface area (Å²) in [5.41, 5.74) is 2.20. The first-order valence-electron chi connectivity index (χ1n) is 12.5. The van der Waals surface area contributed by atoms with Crippen LogP contribution in [0.5, 0.6) is 5.75 Å². The van der Waals surface area contributed by atoms with Gasteiger partial charge in [-0.3, -0.25) is 4.79 Å². The van der Waals surface area contributed by atoms with Crippen molar-refractivity contribution in [3.8, 4) is 5.75 Å². The molecule has 34 heavy (non-hydrogen) atoms. The highest BCUT2D eigenvalue weighted by Crippen LogP contribution is 2.36. The number of piperidine rings is 1. The number of ether oxygens (including phenoxy) is 2. The van der Waals surface area contributed by atoms with Gasteiger partial charge in [-0.25, -0.2) is 0 Å². The van der Waals surface area contributed by atoms with Gasteiger partial charge in [-0.15, -0.1) is 0 Å². The molecule has 0 N–H and O–H groups in total. The van der Waals surface area contributed by atoms with Gasteiger partial charge in [0.1, 0.15) is 5.75 Å². The molecule has 0 radical (unpaired) electrons. The zero-order chi connectivity index (χ0) is 23.8. The molecule has 2 saturated heterocycles. The van der Waals surface area contributed by atoms with E-state index in [1.165, 1.54) is 5.56 Å². The van der Waals surface area contributed by atoms with E-state index in [-0.39, 0.29) is 11.3 Å². The van der Waals surface area contributed by atoms with E-state index in [4.69, 9.17) is 21.1 Å². The number of rotatable bonds is 9. The van der Waals surface area contributed by atoms with E-state index >= 15 is 0 Å². The van der Waals surface area contributed by atoms with E-state index in [2.05, 4.69) is 35.2 Å². The van der Waals surface area contributed by atoms with Crippen LogP contribution >= 0.6 is 11.6 Å². The molecule has 0 saturated carbocycles. The van der Waals surface area contributed by atoms with Crippen LogP contribution in [0, 0.1) is 12.3 Å². The Bertz CT molecular complexity index is 933. The number of carbonyl (C=O) groups is 1. The minimum atomic E-state index is -0.187. The molecular weight excluding hydrogens is 448 g/mol. The molecule has 2 fully saturated rings. The van der Waals surface area contributed by atoms with E-state index in [9.17, 15) is 4.79 Å². The molecular formula is C28H37ClN2O3. The van der Waals surface area contributed by atoms with E-state index in [0.717, 1.165) is 61.7 Å². The lowest BCUT2D eigenvalue weighted by molar-refractivity contribution is -0.139. The first-order valence-corrected chi connectivity index (χ1v) is 12.9. The number of halogens is 1. The molecule has 2 aliphatic rings. The maximum Gasteiger partial charge on any atom is 0.223 e. The Morgan fingerprint density at radius 2 is 1.91 bits per heavy atom. The van der Waals surface area contributed by atoms with Gasteiger partial charge < -0.3 is 19.3 Å². The highest BCUT2D eigenvalue weighted by Gasteiger charge is 2.39. The van der Waals surface area contributed by atoms with Crippen LogP contribution in [0.1, 0.15) is 36.8 Å². The molecule has 0 aromatic heterocycles. The Labute approximate surface area is 209 Å². The Balaban J connectivity index is 1.41. The number of amides is 1. The summed E-state index contributed by atoms with van der Waals surface area (Å²) in [4.78, 5) is 17.8. The zero-order valence-electron chi connectivity index (χ0n) is 20.3. The number of hydrogen-bond acceptors (Lipinski definition) is 4. The fourth-order valence-corrected chi connectivity index (χ4v) is 5.27. The Morgan fingerprint density at radius 1 is 1.12 bits per heavy atom. The van der Waals surface area contributed by atoms with E-state index in [1.54, 1.807) is 0 Å². The van der Waals surface area contributed by atoms with Gasteiger partial charge in [-0.05, 0) is 75.0 Å². The number of hydrogen-bond donors (Lipinski definition) is 0. The predicted octanol–water partition coefficient (Wildman–Crippen LogP) is 4.99. The van der Waals surface area contributed by atoms with E-state index in [1.807, 2.05) is 30.0 Å². The molecule has 0 unspecified atom stereocenters. The third-order valence-corrected chi connectivity index (χ3v) is 7.51. The van der Waals surface area contributed by atoms with Crippen molar-refractivity contribution >= 4 is 17.5 Å². The van der Waals surface area contributed by atoms with Crippen LogP contribution in [-0.4, -0.2) is 68.3 Å². The molecule has 184 valence electrons. The number of likely N-dealkylation sites (tertiary alicyclic amines) is 1. The molecule has 2 aromatic carbocycles. The molecule has 2 aromatic rings. The van der Waals surface area contributed by atoms with Crippen molar-refractivity contribution in [1.29, 1.82) is 0 Å². The summed E-state index contributed by atoms with van der Waals surface area (Å²) in [6.45, 7) is 8.19. The van der Waals surface area contributed by atoms with Crippen molar-refractivity contribution in [3.63, 3.8) is 0 Å². The molecule has 1 amide bonds. The Hall–Kier alpha value is -2.08. The van der Waals surface area contributed by atoms with Gasteiger partial charge in [-0.1, -0.05) is 41.9 Å². The van der Waals surface area contributed by atoms with Gasteiger partial charge in [-0.2, -0.15) is 0 Å². The summed E-state index contributed by atoms with van der Waals surface area (Å²) >= 11 is 6.20. The van der Waals surface area contributed by atoms with Gasteiger partial charge in [0.15, 0.2) is 0 Å². The van der Waals surface area contributed by atoms with Crippen molar-refractivity contribution in [1.82, 2.24) is 9.80 Å². The van der Waals surface area contributed by atoms with Gasteiger partial charge >= 0.3 is 0 Å². The topological polar surface area (TPSA) is 42.0 Å². The molecule has 2 heterocycles. The van der Waals surface area contributed by atoms with Crippen molar-refractivity contribution < 1.29 is 14.3 Å². The second kappa shape index (κ2) is 12.1. The Morgan fingerprint density at radius 3 is 2.68 bits per heavy atom. The second-order valence-electron chi connectivity index (χ2n) is 9.84. The Kier molecular flexibility index (Phi) is 8.87. The van der Waals surface area contributed by atoms with Crippen LogP contribution < -0.4 is 4.74 Å². The van der Waals surface area contributed by atoms with Crippen LogP contribution in [-0.2, 0) is 16.0 Å². The van der Waals surface area contributed by atoms with Crippen molar-refractivity contribution in [2.24, 2.45) is 5.41 Å². The van der Waals surface area contributed by atoms with Gasteiger partial charge in [0.25, 0.3) is 0 Å². The first kappa shape index (κ1) is 25.0. The summed E-state index contributed by atoms with van der Waals surface area (Å²) in [6.07, 6.45) is 4.82. The van der Waals surface area contributed by atoms with Gasteiger partial charge in [0.05, 0.1) is 19.8 Å². The molecule has 0 bridgehead atoms. The normalized spacial score (nSPS) is 21.4. The second-order valence-corrected chi connectivity index (χ2v) is 10.2. The zero-order valence-corrected chi connectivity index (χ0v) is 21.1. The lowest BCUT2D eigenvalue weighted by Crippen LogP contribution is -2.50. The summed E-state index contributed by atoms with van der Waals surface area (Å²) < 4.78 is 11.8. The molecule has 4 rings (SSSR count). The molecule has 2 aliphatic heterocycles. The third-order valence-electron chi connectivity index (χ3n) is 7.09. The minimum Gasteiger partial charge on any atom is -0.493 e. The standard InChI is InChI=1S/C28H37ClN2O3/c1-23-19-25(10-11-26(23)29)34-22-28(20-27(32)31-15-17-33-18-16-31)12-6-14-30(21-28)13-5-9-24-7-3-2-4-8-24/h2-4,7-8,10-11,19H,5-6,9,12-18,20-22H2,1H3/t28-/m0/s1. The number of carbonyl (C=O) groups excluding carboxylic acids is 1. The average Bonchev–Trinajstić information content (AvgIpc) is 2.86. The molecule has 0 aliphatic carbocycles. The third kappa shape index (κ3) is 6.97. The smallest absolute Gasteiger partial charge is 0.223 e. The van der Waals surface area contributed by atoms with E-state index < -0.39 is 0 Å². The first-order chi connectivity index (χ1) is 16.5.